The van der Waals surface area contributed by atoms with Crippen LogP contribution in [0.2, 0.25) is 0 Å². The van der Waals surface area contributed by atoms with Crippen LogP contribution in [-0.2, 0) is 4.74 Å². The summed E-state index contributed by atoms with van der Waals surface area (Å²) in [4.78, 5) is 0. The topological polar surface area (TPSA) is 18.5 Å². The summed E-state index contributed by atoms with van der Waals surface area (Å²) in [5, 5.41) is 0. The molecule has 0 heterocycles. The third-order valence-electron chi connectivity index (χ3n) is 2.43. The van der Waals surface area contributed by atoms with Crippen LogP contribution >= 0.6 is 0 Å². The van der Waals surface area contributed by atoms with Crippen molar-refractivity contribution in [2.75, 3.05) is 13.7 Å². The standard InChI is InChI=1S/C16H18O2/c1-5-16(13(2)3)18-12-6-7-14-8-10-15(17-4)11-9-14/h1,8-11,13,16H,12H2,2-4H3. The molecule has 1 atom stereocenters. The molecule has 0 aromatic heterocycles. The van der Waals surface area contributed by atoms with Crippen molar-refractivity contribution in [3.63, 3.8) is 0 Å². The molecule has 0 bridgehead atoms. The summed E-state index contributed by atoms with van der Waals surface area (Å²) in [5.41, 5.74) is 0.932. The number of benzene rings is 1. The summed E-state index contributed by atoms with van der Waals surface area (Å²) in [6, 6.07) is 7.58. The second-order valence-electron chi connectivity index (χ2n) is 4.17. The lowest BCUT2D eigenvalue weighted by atomic mass is 10.1. The molecule has 1 rings (SSSR count). The Hall–Kier alpha value is -1.90. The zero-order chi connectivity index (χ0) is 13.4. The van der Waals surface area contributed by atoms with Crippen molar-refractivity contribution >= 4 is 0 Å². The number of methoxy groups -OCH3 is 1. The molecule has 0 radical (unpaired) electrons. The lowest BCUT2D eigenvalue weighted by Gasteiger charge is -2.13. The minimum atomic E-state index is -0.171. The van der Waals surface area contributed by atoms with Gasteiger partial charge in [-0.15, -0.1) is 6.42 Å². The Morgan fingerprint density at radius 1 is 1.22 bits per heavy atom. The van der Waals surface area contributed by atoms with Gasteiger partial charge in [0.2, 0.25) is 0 Å². The molecule has 2 heteroatoms. The van der Waals surface area contributed by atoms with Gasteiger partial charge in [0.15, 0.2) is 0 Å². The first-order valence-electron chi connectivity index (χ1n) is 5.88. The summed E-state index contributed by atoms with van der Waals surface area (Å²) in [7, 11) is 1.64. The fraction of sp³-hybridized carbons (Fsp3) is 0.375. The molecular weight excluding hydrogens is 224 g/mol. The Morgan fingerprint density at radius 2 is 1.89 bits per heavy atom. The molecule has 1 aromatic carbocycles. The maximum Gasteiger partial charge on any atom is 0.121 e. The van der Waals surface area contributed by atoms with E-state index in [-0.39, 0.29) is 6.10 Å². The van der Waals surface area contributed by atoms with Crippen LogP contribution in [0.3, 0.4) is 0 Å². The van der Waals surface area contributed by atoms with E-state index in [4.69, 9.17) is 15.9 Å². The monoisotopic (exact) mass is 242 g/mol. The predicted octanol–water partition coefficient (Wildman–Crippen LogP) is 2.72. The highest BCUT2D eigenvalue weighted by Gasteiger charge is 2.08. The Bertz CT molecular complexity index is 455. The zero-order valence-electron chi connectivity index (χ0n) is 11.1. The van der Waals surface area contributed by atoms with Crippen molar-refractivity contribution in [3.05, 3.63) is 29.8 Å². The molecule has 0 saturated heterocycles. The van der Waals surface area contributed by atoms with Crippen molar-refractivity contribution in [1.82, 2.24) is 0 Å². The lowest BCUT2D eigenvalue weighted by molar-refractivity contribution is 0.0866. The van der Waals surface area contributed by atoms with Crippen molar-refractivity contribution in [2.45, 2.75) is 20.0 Å². The van der Waals surface area contributed by atoms with E-state index < -0.39 is 0 Å². The van der Waals surface area contributed by atoms with Crippen LogP contribution in [0.15, 0.2) is 24.3 Å². The van der Waals surface area contributed by atoms with E-state index in [1.54, 1.807) is 7.11 Å². The molecule has 0 spiro atoms. The number of rotatable bonds is 4. The van der Waals surface area contributed by atoms with E-state index in [1.807, 2.05) is 38.1 Å². The lowest BCUT2D eigenvalue weighted by Crippen LogP contribution is -2.17. The van der Waals surface area contributed by atoms with E-state index in [1.165, 1.54) is 0 Å². The van der Waals surface area contributed by atoms with Crippen LogP contribution in [-0.4, -0.2) is 19.8 Å². The second-order valence-corrected chi connectivity index (χ2v) is 4.17. The van der Waals surface area contributed by atoms with Gasteiger partial charge in [-0.25, -0.2) is 0 Å². The first-order valence-corrected chi connectivity index (χ1v) is 5.88. The zero-order valence-corrected chi connectivity index (χ0v) is 11.1. The minimum absolute atomic E-state index is 0.171. The van der Waals surface area contributed by atoms with Crippen molar-refractivity contribution in [3.8, 4) is 29.9 Å². The fourth-order valence-corrected chi connectivity index (χ4v) is 1.38. The van der Waals surface area contributed by atoms with Gasteiger partial charge in [-0.05, 0) is 30.2 Å². The first-order chi connectivity index (χ1) is 8.67. The van der Waals surface area contributed by atoms with Gasteiger partial charge in [-0.3, -0.25) is 0 Å². The quantitative estimate of drug-likeness (QED) is 0.756. The van der Waals surface area contributed by atoms with Gasteiger partial charge in [0.25, 0.3) is 0 Å². The number of ether oxygens (including phenoxy) is 2. The van der Waals surface area contributed by atoms with Crippen LogP contribution in [0, 0.1) is 30.1 Å². The van der Waals surface area contributed by atoms with Gasteiger partial charge < -0.3 is 9.47 Å². The predicted molar refractivity (Wildman–Crippen MR) is 73.3 cm³/mol. The van der Waals surface area contributed by atoms with Gasteiger partial charge in [-0.1, -0.05) is 31.6 Å². The number of hydrogen-bond donors (Lipinski definition) is 0. The molecule has 94 valence electrons. The first kappa shape index (κ1) is 14.2. The van der Waals surface area contributed by atoms with E-state index in [0.29, 0.717) is 12.5 Å². The summed E-state index contributed by atoms with van der Waals surface area (Å²) in [6.07, 6.45) is 5.19. The minimum Gasteiger partial charge on any atom is -0.497 e. The maximum absolute atomic E-state index is 5.48. The highest BCUT2D eigenvalue weighted by Crippen LogP contribution is 2.10. The normalized spacial score (nSPS) is 11.3. The number of hydrogen-bond acceptors (Lipinski definition) is 2. The Kier molecular flexibility index (Phi) is 5.85. The van der Waals surface area contributed by atoms with Crippen LogP contribution in [0.1, 0.15) is 19.4 Å². The highest BCUT2D eigenvalue weighted by atomic mass is 16.5. The molecule has 0 N–H and O–H groups in total. The third-order valence-corrected chi connectivity index (χ3v) is 2.43. The maximum atomic E-state index is 5.48. The van der Waals surface area contributed by atoms with E-state index in [9.17, 15) is 0 Å². The van der Waals surface area contributed by atoms with E-state index >= 15 is 0 Å². The number of terminal acetylenes is 1. The smallest absolute Gasteiger partial charge is 0.121 e. The summed E-state index contributed by atoms with van der Waals surface area (Å²) in [6.45, 7) is 4.40. The van der Waals surface area contributed by atoms with Crippen molar-refractivity contribution in [1.29, 1.82) is 0 Å². The van der Waals surface area contributed by atoms with E-state index in [0.717, 1.165) is 11.3 Å². The van der Waals surface area contributed by atoms with Crippen molar-refractivity contribution in [2.24, 2.45) is 5.92 Å². The van der Waals surface area contributed by atoms with Crippen molar-refractivity contribution < 1.29 is 9.47 Å². The van der Waals surface area contributed by atoms with Gasteiger partial charge in [0, 0.05) is 5.56 Å². The van der Waals surface area contributed by atoms with E-state index in [2.05, 4.69) is 17.8 Å². The molecule has 1 aromatic rings. The molecule has 1 unspecified atom stereocenters. The molecule has 0 amide bonds. The Labute approximate surface area is 109 Å². The molecule has 2 nitrogen and oxygen atoms in total. The third kappa shape index (κ3) is 4.53. The van der Waals surface area contributed by atoms with Crippen LogP contribution in [0.5, 0.6) is 5.75 Å². The average Bonchev–Trinajstić information content (AvgIpc) is 2.39. The molecule has 0 aliphatic carbocycles. The van der Waals surface area contributed by atoms with Gasteiger partial charge in [-0.2, -0.15) is 0 Å². The Balaban J connectivity index is 2.48. The van der Waals surface area contributed by atoms with Crippen LogP contribution in [0.4, 0.5) is 0 Å². The fourth-order valence-electron chi connectivity index (χ4n) is 1.38. The van der Waals surface area contributed by atoms with Crippen LogP contribution < -0.4 is 4.74 Å². The highest BCUT2D eigenvalue weighted by molar-refractivity contribution is 5.38. The summed E-state index contributed by atoms with van der Waals surface area (Å²) in [5.74, 6) is 9.70. The molecule has 0 aliphatic heterocycles. The second kappa shape index (κ2) is 7.43. The summed E-state index contributed by atoms with van der Waals surface area (Å²) < 4.78 is 10.6. The molecule has 18 heavy (non-hydrogen) atoms. The molecular formula is C16H18O2. The molecule has 0 saturated carbocycles. The van der Waals surface area contributed by atoms with Gasteiger partial charge in [0.1, 0.15) is 18.5 Å². The van der Waals surface area contributed by atoms with Crippen LogP contribution in [0.25, 0.3) is 0 Å². The molecule has 0 aliphatic rings. The summed E-state index contributed by atoms with van der Waals surface area (Å²) >= 11 is 0. The SMILES string of the molecule is C#CC(OCC#Cc1ccc(OC)cc1)C(C)C. The average molecular weight is 242 g/mol. The largest absolute Gasteiger partial charge is 0.497 e. The Morgan fingerprint density at radius 3 is 2.39 bits per heavy atom. The van der Waals surface area contributed by atoms with Gasteiger partial charge in [0.05, 0.1) is 7.11 Å². The van der Waals surface area contributed by atoms with Gasteiger partial charge >= 0.3 is 0 Å². The molecule has 0 fully saturated rings.